The van der Waals surface area contributed by atoms with Crippen LogP contribution in [0.15, 0.2) is 48.5 Å². The highest BCUT2D eigenvalue weighted by Gasteiger charge is 2.24. The monoisotopic (exact) mass is 328 g/mol. The van der Waals surface area contributed by atoms with Gasteiger partial charge >= 0.3 is 0 Å². The summed E-state index contributed by atoms with van der Waals surface area (Å²) in [5.41, 5.74) is 1.04. The van der Waals surface area contributed by atoms with Gasteiger partial charge in [0.1, 0.15) is 11.6 Å². The molecule has 0 spiro atoms. The number of para-hydroxylation sites is 2. The molecule has 24 heavy (non-hydrogen) atoms. The van der Waals surface area contributed by atoms with E-state index in [4.69, 9.17) is 4.74 Å². The van der Waals surface area contributed by atoms with Gasteiger partial charge in [0, 0.05) is 13.1 Å². The van der Waals surface area contributed by atoms with Gasteiger partial charge in [0.05, 0.1) is 12.1 Å². The number of hydrogen-bond acceptors (Lipinski definition) is 3. The summed E-state index contributed by atoms with van der Waals surface area (Å²) in [6.07, 6.45) is -0.0275. The summed E-state index contributed by atoms with van der Waals surface area (Å²) >= 11 is 0. The fraction of sp³-hybridized carbons (Fsp3) is 0.222. The minimum atomic E-state index is -0.398. The molecule has 2 aromatic carbocycles. The zero-order valence-electron chi connectivity index (χ0n) is 13.0. The summed E-state index contributed by atoms with van der Waals surface area (Å²) in [7, 11) is 0. The topological polar surface area (TPSA) is 58.6 Å². The molecule has 1 aliphatic heterocycles. The number of anilines is 1. The minimum Gasteiger partial charge on any atom is -0.482 e. The lowest BCUT2D eigenvalue weighted by molar-refractivity contribution is -0.122. The molecule has 1 heterocycles. The number of benzene rings is 2. The number of amides is 2. The number of fused-ring (bicyclic) bond motifs is 1. The van der Waals surface area contributed by atoms with Gasteiger partial charge in [0.15, 0.2) is 6.61 Å². The summed E-state index contributed by atoms with van der Waals surface area (Å²) in [6.45, 7) is 0.607. The second-order valence-corrected chi connectivity index (χ2v) is 5.42. The average Bonchev–Trinajstić information content (AvgIpc) is 2.59. The van der Waals surface area contributed by atoms with Crippen LogP contribution in [0.25, 0.3) is 0 Å². The van der Waals surface area contributed by atoms with E-state index >= 15 is 0 Å². The van der Waals surface area contributed by atoms with Crippen LogP contribution in [0.5, 0.6) is 5.75 Å². The van der Waals surface area contributed by atoms with E-state index in [1.54, 1.807) is 35.2 Å². The van der Waals surface area contributed by atoms with Crippen molar-refractivity contribution in [3.8, 4) is 5.75 Å². The van der Waals surface area contributed by atoms with Crippen molar-refractivity contribution in [3.05, 3.63) is 59.9 Å². The lowest BCUT2D eigenvalue weighted by Crippen LogP contribution is -2.43. The van der Waals surface area contributed by atoms with Gasteiger partial charge < -0.3 is 15.0 Å². The Morgan fingerprint density at radius 3 is 2.75 bits per heavy atom. The van der Waals surface area contributed by atoms with Crippen molar-refractivity contribution >= 4 is 17.5 Å². The summed E-state index contributed by atoms with van der Waals surface area (Å²) < 4.78 is 18.9. The molecule has 3 rings (SSSR count). The number of nitrogens with zero attached hydrogens (tertiary/aromatic N) is 1. The van der Waals surface area contributed by atoms with Crippen LogP contribution >= 0.6 is 0 Å². The first-order chi connectivity index (χ1) is 11.6. The molecular formula is C18H17FN2O3. The maximum absolute atomic E-state index is 13.5. The van der Waals surface area contributed by atoms with Crippen molar-refractivity contribution < 1.29 is 18.7 Å². The van der Waals surface area contributed by atoms with E-state index in [-0.39, 0.29) is 31.4 Å². The van der Waals surface area contributed by atoms with Gasteiger partial charge in [0.25, 0.3) is 5.91 Å². The Balaban J connectivity index is 1.56. The van der Waals surface area contributed by atoms with E-state index in [9.17, 15) is 14.0 Å². The molecule has 0 radical (unpaired) electrons. The highest BCUT2D eigenvalue weighted by Crippen LogP contribution is 2.30. The Morgan fingerprint density at radius 2 is 1.92 bits per heavy atom. The van der Waals surface area contributed by atoms with Crippen molar-refractivity contribution in [2.24, 2.45) is 0 Å². The summed E-state index contributed by atoms with van der Waals surface area (Å²) in [4.78, 5) is 25.5. The SMILES string of the molecule is O=C(Cc1ccccc1F)NCCN1C(=O)COc2ccccc21. The van der Waals surface area contributed by atoms with E-state index in [1.807, 2.05) is 12.1 Å². The van der Waals surface area contributed by atoms with E-state index < -0.39 is 5.82 Å². The number of ether oxygens (including phenoxy) is 1. The quantitative estimate of drug-likeness (QED) is 0.912. The van der Waals surface area contributed by atoms with Crippen LogP contribution in [-0.4, -0.2) is 31.5 Å². The van der Waals surface area contributed by atoms with Gasteiger partial charge in [-0.1, -0.05) is 30.3 Å². The molecule has 5 nitrogen and oxygen atoms in total. The normalized spacial score (nSPS) is 13.2. The molecule has 2 aromatic rings. The predicted molar refractivity (Wildman–Crippen MR) is 87.4 cm³/mol. The second-order valence-electron chi connectivity index (χ2n) is 5.42. The minimum absolute atomic E-state index is 0.0137. The Labute approximate surface area is 139 Å². The van der Waals surface area contributed by atoms with Gasteiger partial charge in [0.2, 0.25) is 5.91 Å². The number of carbonyl (C=O) groups is 2. The number of rotatable bonds is 5. The number of carbonyl (C=O) groups excluding carboxylic acids is 2. The van der Waals surface area contributed by atoms with Gasteiger partial charge in [-0.2, -0.15) is 0 Å². The van der Waals surface area contributed by atoms with Gasteiger partial charge in [-0.15, -0.1) is 0 Å². The zero-order chi connectivity index (χ0) is 16.9. The molecule has 0 unspecified atom stereocenters. The third-order valence-corrected chi connectivity index (χ3v) is 3.77. The molecule has 2 amide bonds. The number of hydrogen-bond donors (Lipinski definition) is 1. The highest BCUT2D eigenvalue weighted by atomic mass is 19.1. The lowest BCUT2D eigenvalue weighted by atomic mass is 10.1. The van der Waals surface area contributed by atoms with Gasteiger partial charge in [-0.3, -0.25) is 9.59 Å². The van der Waals surface area contributed by atoms with E-state index in [0.29, 0.717) is 23.5 Å². The smallest absolute Gasteiger partial charge is 0.265 e. The van der Waals surface area contributed by atoms with Crippen LogP contribution in [-0.2, 0) is 16.0 Å². The summed E-state index contributed by atoms with van der Waals surface area (Å²) in [5.74, 6) is -0.189. The Morgan fingerprint density at radius 1 is 1.17 bits per heavy atom. The van der Waals surface area contributed by atoms with Crippen LogP contribution in [0.3, 0.4) is 0 Å². The molecule has 1 N–H and O–H groups in total. The molecule has 0 saturated carbocycles. The Bertz CT molecular complexity index is 763. The molecule has 0 atom stereocenters. The van der Waals surface area contributed by atoms with Crippen molar-refractivity contribution in [2.45, 2.75) is 6.42 Å². The summed E-state index contributed by atoms with van der Waals surface area (Å²) in [5, 5.41) is 2.72. The van der Waals surface area contributed by atoms with Crippen molar-refractivity contribution in [1.82, 2.24) is 5.32 Å². The predicted octanol–water partition coefficient (Wildman–Crippen LogP) is 1.91. The first-order valence-corrected chi connectivity index (χ1v) is 7.67. The molecule has 1 aliphatic rings. The molecule has 124 valence electrons. The van der Waals surface area contributed by atoms with E-state index in [1.165, 1.54) is 6.07 Å². The molecule has 0 aromatic heterocycles. The fourth-order valence-corrected chi connectivity index (χ4v) is 2.58. The van der Waals surface area contributed by atoms with E-state index in [0.717, 1.165) is 0 Å². The van der Waals surface area contributed by atoms with Crippen LogP contribution in [0.2, 0.25) is 0 Å². The lowest BCUT2D eigenvalue weighted by Gasteiger charge is -2.29. The molecule has 6 heteroatoms. The maximum Gasteiger partial charge on any atom is 0.265 e. The highest BCUT2D eigenvalue weighted by molar-refractivity contribution is 5.97. The van der Waals surface area contributed by atoms with Crippen molar-refractivity contribution in [1.29, 1.82) is 0 Å². The first-order valence-electron chi connectivity index (χ1n) is 7.67. The molecule has 0 bridgehead atoms. The molecular weight excluding hydrogens is 311 g/mol. The van der Waals surface area contributed by atoms with Crippen molar-refractivity contribution in [3.63, 3.8) is 0 Å². The van der Waals surface area contributed by atoms with E-state index in [2.05, 4.69) is 5.32 Å². The number of halogens is 1. The Hall–Kier alpha value is -2.89. The fourth-order valence-electron chi connectivity index (χ4n) is 2.58. The number of nitrogens with one attached hydrogen (secondary N) is 1. The average molecular weight is 328 g/mol. The third kappa shape index (κ3) is 3.53. The van der Waals surface area contributed by atoms with Crippen LogP contribution < -0.4 is 15.0 Å². The van der Waals surface area contributed by atoms with Gasteiger partial charge in [-0.25, -0.2) is 4.39 Å². The zero-order valence-corrected chi connectivity index (χ0v) is 13.0. The van der Waals surface area contributed by atoms with Crippen molar-refractivity contribution in [2.75, 3.05) is 24.6 Å². The van der Waals surface area contributed by atoms with Crippen LogP contribution in [0.4, 0.5) is 10.1 Å². The third-order valence-electron chi connectivity index (χ3n) is 3.77. The first kappa shape index (κ1) is 16.0. The largest absolute Gasteiger partial charge is 0.482 e. The van der Waals surface area contributed by atoms with Crippen LogP contribution in [0, 0.1) is 5.82 Å². The van der Waals surface area contributed by atoms with Crippen LogP contribution in [0.1, 0.15) is 5.56 Å². The standard InChI is InChI=1S/C18H17FN2O3/c19-14-6-2-1-5-13(14)11-17(22)20-9-10-21-15-7-3-4-8-16(15)24-12-18(21)23/h1-8H,9-12H2,(H,20,22). The van der Waals surface area contributed by atoms with Gasteiger partial charge in [-0.05, 0) is 23.8 Å². The maximum atomic E-state index is 13.5. The summed E-state index contributed by atoms with van der Waals surface area (Å²) in [6, 6.07) is 13.4. The molecule has 0 fully saturated rings. The molecule has 0 aliphatic carbocycles. The molecule has 0 saturated heterocycles. The second kappa shape index (κ2) is 7.12. The Kier molecular flexibility index (Phi) is 4.74.